The van der Waals surface area contributed by atoms with E-state index in [1.807, 2.05) is 0 Å². The molecule has 0 aromatic carbocycles. The average molecular weight is 1690 g/mol. The van der Waals surface area contributed by atoms with Gasteiger partial charge < -0.3 is 169 Å². The molecular formula is C57H114O48P2S2. The quantitative estimate of drug-likeness (QED) is 0.0201. The van der Waals surface area contributed by atoms with E-state index in [1.54, 1.807) is 0 Å². The summed E-state index contributed by atoms with van der Waals surface area (Å²) >= 11 is -2.20. The Balaban J connectivity index is 0.000000682. The van der Waals surface area contributed by atoms with Crippen molar-refractivity contribution in [3.63, 3.8) is 0 Å². The highest BCUT2D eigenvalue weighted by molar-refractivity contribution is 7.81. The van der Waals surface area contributed by atoms with Crippen LogP contribution in [-0.2, 0) is 123 Å². The van der Waals surface area contributed by atoms with Crippen LogP contribution in [0.1, 0.15) is 32.1 Å². The number of rotatable bonds is 39. The first-order valence-electron chi connectivity index (χ1n) is 33.1. The number of ether oxygens (including phenoxy) is 12. The van der Waals surface area contributed by atoms with E-state index in [1.165, 1.54) is 71.1 Å². The van der Waals surface area contributed by atoms with Crippen LogP contribution in [0.2, 0.25) is 0 Å². The minimum Gasteiger partial charge on any atom is -0.431 e. The number of carbonyl (C=O) groups is 1. The number of aliphatic hydroxyl groups excluding tert-OH is 20. The Labute approximate surface area is 630 Å². The summed E-state index contributed by atoms with van der Waals surface area (Å²) in [7, 11) is 0.590. The second-order valence-corrected chi connectivity index (χ2v) is 29.7. The summed E-state index contributed by atoms with van der Waals surface area (Å²) in [5, 5.41) is 191. The molecule has 5 aliphatic carbocycles. The molecule has 33 unspecified atom stereocenters. The molecular weight excluding hydrogens is 1580 g/mol. The molecule has 48 nitrogen and oxygen atoms in total. The van der Waals surface area contributed by atoms with Crippen molar-refractivity contribution in [2.24, 2.45) is 5.92 Å². The highest BCUT2D eigenvalue weighted by atomic mass is 32.3. The number of phosphoric acid groups is 2. The molecule has 652 valence electrons. The minimum atomic E-state index is -4.56. The zero-order chi connectivity index (χ0) is 83.4. The summed E-state index contributed by atoms with van der Waals surface area (Å²) in [5.74, 6) is -1.03. The lowest BCUT2D eigenvalue weighted by Gasteiger charge is -2.40. The van der Waals surface area contributed by atoms with Gasteiger partial charge in [0.1, 0.15) is 141 Å². The number of methoxy groups -OCH3 is 10. The molecule has 0 amide bonds. The second-order valence-electron chi connectivity index (χ2n) is 24.8. The van der Waals surface area contributed by atoms with Gasteiger partial charge in [0.15, 0.2) is 0 Å². The summed E-state index contributed by atoms with van der Waals surface area (Å²) in [5.41, 5.74) is 0. The van der Waals surface area contributed by atoms with E-state index in [9.17, 15) is 138 Å². The van der Waals surface area contributed by atoms with Crippen molar-refractivity contribution in [3.8, 4) is 0 Å². The molecule has 0 radical (unpaired) electrons. The first-order valence-corrected chi connectivity index (χ1v) is 38.4. The Morgan fingerprint density at radius 1 is 0.385 bits per heavy atom. The Morgan fingerprint density at radius 2 is 0.688 bits per heavy atom. The maximum absolute atomic E-state index is 12.0. The van der Waals surface area contributed by atoms with Gasteiger partial charge >= 0.3 is 43.6 Å². The first-order chi connectivity index (χ1) is 51.0. The van der Waals surface area contributed by atoms with Gasteiger partial charge in [-0.05, 0) is 0 Å². The molecule has 5 fully saturated rings. The maximum Gasteiger partial charge on any atom is 0.508 e. The number of hydrogen-bond donors (Lipinski definition) is 22. The SMILES string of the molecule is COCC(COC(=O)OC1CC(O)C(O)C(O)C1O)OC.COCC(COP(=O)(O)OC1CC(O)C(O)C(O)C1CO)OC.COCC(COP(=O)(O)OC1CC(O)C(O)C(O)C1O)OC.COCC(COS(=O)(=O)OC1CC(O)C(O)C(O)C1O)OC.COCC(COS(=O)OC1CC(O)C(O)C(O)C1O)OC. The lowest BCUT2D eigenvalue weighted by molar-refractivity contribution is -0.181. The van der Waals surface area contributed by atoms with E-state index < -0.39 is 233 Å². The van der Waals surface area contributed by atoms with Gasteiger partial charge in [0.05, 0.1) is 109 Å². The van der Waals surface area contributed by atoms with Gasteiger partial charge in [-0.25, -0.2) is 22.3 Å². The van der Waals surface area contributed by atoms with Crippen LogP contribution in [0.3, 0.4) is 0 Å². The summed E-state index contributed by atoms with van der Waals surface area (Å²) in [6, 6.07) is 0. The van der Waals surface area contributed by atoms with Crippen molar-refractivity contribution in [2.75, 3.05) is 144 Å². The van der Waals surface area contributed by atoms with Gasteiger partial charge in [0.25, 0.3) is 0 Å². The van der Waals surface area contributed by atoms with E-state index in [0.29, 0.717) is 0 Å². The summed E-state index contributed by atoms with van der Waals surface area (Å²) in [4.78, 5) is 30.9. The normalized spacial score (nSPS) is 35.5. The molecule has 0 saturated heterocycles. The van der Waals surface area contributed by atoms with Gasteiger partial charge in [-0.15, -0.1) is 0 Å². The Morgan fingerprint density at radius 3 is 1.07 bits per heavy atom. The average Bonchev–Trinajstić information content (AvgIpc) is 0.836. The second kappa shape index (κ2) is 53.5. The molecule has 22 N–H and O–H groups in total. The smallest absolute Gasteiger partial charge is 0.431 e. The molecule has 0 aromatic rings. The molecule has 0 spiro atoms. The largest absolute Gasteiger partial charge is 0.508 e. The zero-order valence-corrected chi connectivity index (χ0v) is 64.7. The predicted molar refractivity (Wildman–Crippen MR) is 357 cm³/mol. The first kappa shape index (κ1) is 105. The minimum absolute atomic E-state index is 0.0620. The van der Waals surface area contributed by atoms with Gasteiger partial charge in [0, 0.05) is 109 Å². The van der Waals surface area contributed by atoms with Crippen LogP contribution in [-0.4, -0.2) is 451 Å². The fraction of sp³-hybridized carbons (Fsp3) is 0.982. The van der Waals surface area contributed by atoms with E-state index >= 15 is 0 Å². The monoisotopic (exact) mass is 1690 g/mol. The number of hydrogen-bond acceptors (Lipinski definition) is 46. The molecule has 52 heteroatoms. The molecule has 33 atom stereocenters. The Kier molecular flexibility index (Phi) is 51.7. The summed E-state index contributed by atoms with van der Waals surface area (Å²) in [6.07, 6.45) is -40.2. The van der Waals surface area contributed by atoms with Crippen molar-refractivity contribution in [1.82, 2.24) is 0 Å². The van der Waals surface area contributed by atoms with Crippen LogP contribution < -0.4 is 0 Å². The molecule has 0 aliphatic heterocycles. The number of phosphoric ester groups is 2. The van der Waals surface area contributed by atoms with Gasteiger partial charge in [-0.1, -0.05) is 0 Å². The van der Waals surface area contributed by atoms with E-state index in [-0.39, 0.29) is 98.2 Å². The lowest BCUT2D eigenvalue weighted by Crippen LogP contribution is -2.56. The topological polar surface area (TPSA) is 732 Å². The highest BCUT2D eigenvalue weighted by Gasteiger charge is 2.50. The van der Waals surface area contributed by atoms with Crippen LogP contribution in [0, 0.1) is 5.92 Å². The molecule has 109 heavy (non-hydrogen) atoms. The van der Waals surface area contributed by atoms with Crippen molar-refractivity contribution in [1.29, 1.82) is 0 Å². The van der Waals surface area contributed by atoms with E-state index in [4.69, 9.17) is 83.3 Å². The Hall–Kier alpha value is -1.77. The van der Waals surface area contributed by atoms with Gasteiger partial charge in [-0.3, -0.25) is 26.5 Å². The Bertz CT molecular complexity index is 2600. The zero-order valence-electron chi connectivity index (χ0n) is 61.3. The van der Waals surface area contributed by atoms with Crippen LogP contribution in [0.25, 0.3) is 0 Å². The fourth-order valence-electron chi connectivity index (χ4n) is 10.2. The number of aliphatic hydroxyl groups is 20. The number of carbonyl (C=O) groups excluding carboxylic acids is 1. The standard InChI is InChI=1S/C12H25O10P.C12H22O9.C11H23O10P.C11H22O10S.C11H22O9S/c1-19-5-7(20-2)6-21-23(17,18)22-10-3-9(14)12(16)11(15)8(10)4-13;1-18-4-6(19-2)5-20-12(17)21-8-3-7(13)9(14)11(16)10(8)15;2*1-18-4-6(19-2)5-20-22(16,17)21-8-3-7(12)9(13)11(15)10(8)14;1-17-4-6(18-2)5-19-21(16)20-8-3-7(12)9(13)11(15)10(8)14/h7-16H,3-6H2,1-2H3,(H,17,18);6-11,13-16H,3-5H2,1-2H3;6-15H,3-5H2,1-2H3,(H,16,17);6-15H,3-5H2,1-2H3;6-15H,3-5H2,1-2H3. The molecule has 0 aromatic heterocycles. The maximum atomic E-state index is 12.0. The molecule has 5 aliphatic rings. The van der Waals surface area contributed by atoms with Crippen LogP contribution >= 0.6 is 15.6 Å². The fourth-order valence-corrected chi connectivity index (χ4v) is 13.8. The van der Waals surface area contributed by atoms with Crippen LogP contribution in [0.4, 0.5) is 4.79 Å². The van der Waals surface area contributed by atoms with Gasteiger partial charge in [-0.2, -0.15) is 12.6 Å². The predicted octanol–water partition coefficient (Wildman–Crippen LogP) is -11.1. The third kappa shape index (κ3) is 37.2. The molecule has 5 saturated carbocycles. The van der Waals surface area contributed by atoms with E-state index in [2.05, 4.69) is 8.37 Å². The lowest BCUT2D eigenvalue weighted by atomic mass is 9.81. The van der Waals surface area contributed by atoms with Crippen LogP contribution in [0.15, 0.2) is 0 Å². The third-order valence-electron chi connectivity index (χ3n) is 16.8. The van der Waals surface area contributed by atoms with Gasteiger partial charge in [0.2, 0.25) is 0 Å². The summed E-state index contributed by atoms with van der Waals surface area (Å²) in [6.45, 7) is -0.882. The van der Waals surface area contributed by atoms with Crippen molar-refractivity contribution >= 4 is 43.6 Å². The van der Waals surface area contributed by atoms with E-state index in [0.717, 1.165) is 0 Å². The van der Waals surface area contributed by atoms with Crippen molar-refractivity contribution in [3.05, 3.63) is 0 Å². The molecule has 0 bridgehead atoms. The molecule has 0 heterocycles. The molecule has 5 rings (SSSR count). The summed E-state index contributed by atoms with van der Waals surface area (Å²) < 4.78 is 156. The van der Waals surface area contributed by atoms with Crippen LogP contribution in [0.5, 0.6) is 0 Å². The van der Waals surface area contributed by atoms with Crippen molar-refractivity contribution < 1.29 is 230 Å². The van der Waals surface area contributed by atoms with Crippen molar-refractivity contribution in [2.45, 2.75) is 209 Å². The highest BCUT2D eigenvalue weighted by Crippen LogP contribution is 2.49. The third-order valence-corrected chi connectivity index (χ3v) is 20.4.